The van der Waals surface area contributed by atoms with Crippen molar-refractivity contribution in [3.8, 4) is 0 Å². The monoisotopic (exact) mass is 258 g/mol. The second kappa shape index (κ2) is 6.05. The van der Waals surface area contributed by atoms with Crippen LogP contribution in [0, 0.1) is 11.8 Å². The average molecular weight is 259 g/mol. The zero-order valence-electron chi connectivity index (χ0n) is 10.3. The summed E-state index contributed by atoms with van der Waals surface area (Å²) < 4.78 is 7.16. The van der Waals surface area contributed by atoms with Crippen molar-refractivity contribution >= 4 is 18.4 Å². The smallest absolute Gasteiger partial charge is 0.309 e. The number of hydrogen-bond acceptors (Lipinski definition) is 3. The lowest BCUT2D eigenvalue weighted by atomic mass is 9.88. The second-order valence-electron chi connectivity index (χ2n) is 4.49. The van der Waals surface area contributed by atoms with Crippen LogP contribution in [0.4, 0.5) is 0 Å². The van der Waals surface area contributed by atoms with Crippen molar-refractivity contribution in [1.82, 2.24) is 9.55 Å². The van der Waals surface area contributed by atoms with Gasteiger partial charge in [0.1, 0.15) is 0 Å². The summed E-state index contributed by atoms with van der Waals surface area (Å²) in [5.74, 6) is 0.386. The Morgan fingerprint density at radius 2 is 2.35 bits per heavy atom. The molecule has 1 saturated heterocycles. The molecule has 1 fully saturated rings. The minimum atomic E-state index is -0.0194. The third-order valence-electron chi connectivity index (χ3n) is 3.30. The highest BCUT2D eigenvalue weighted by Gasteiger charge is 2.36. The number of imidazole rings is 1. The molecule has 17 heavy (non-hydrogen) atoms. The maximum absolute atomic E-state index is 11.5. The van der Waals surface area contributed by atoms with E-state index in [0.29, 0.717) is 12.5 Å². The molecule has 4 nitrogen and oxygen atoms in total. The van der Waals surface area contributed by atoms with Crippen molar-refractivity contribution in [2.45, 2.75) is 26.2 Å². The lowest BCUT2D eigenvalue weighted by Gasteiger charge is -2.14. The molecule has 2 unspecified atom stereocenters. The fourth-order valence-corrected chi connectivity index (χ4v) is 2.32. The maximum Gasteiger partial charge on any atom is 0.309 e. The minimum absolute atomic E-state index is 0. The zero-order valence-corrected chi connectivity index (χ0v) is 11.1. The van der Waals surface area contributed by atoms with E-state index in [9.17, 15) is 4.79 Å². The van der Waals surface area contributed by atoms with Gasteiger partial charge in [-0.15, -0.1) is 12.4 Å². The molecular weight excluding hydrogens is 240 g/mol. The molecule has 1 aliphatic rings. The fourth-order valence-electron chi connectivity index (χ4n) is 2.32. The van der Waals surface area contributed by atoms with Gasteiger partial charge in [-0.1, -0.05) is 13.3 Å². The summed E-state index contributed by atoms with van der Waals surface area (Å²) in [6.07, 6.45) is 6.50. The lowest BCUT2D eigenvalue weighted by molar-refractivity contribution is -0.141. The summed E-state index contributed by atoms with van der Waals surface area (Å²) in [5.41, 5.74) is 1.17. The Morgan fingerprint density at radius 3 is 2.94 bits per heavy atom. The molecule has 0 aliphatic carbocycles. The van der Waals surface area contributed by atoms with Crippen LogP contribution in [0.3, 0.4) is 0 Å². The Kier molecular flexibility index (Phi) is 5.00. The molecule has 2 rings (SSSR count). The Hall–Kier alpha value is -1.03. The number of halogens is 1. The van der Waals surface area contributed by atoms with Crippen molar-refractivity contribution in [3.05, 3.63) is 18.2 Å². The van der Waals surface area contributed by atoms with Gasteiger partial charge in [-0.05, 0) is 12.8 Å². The molecule has 2 atom stereocenters. The van der Waals surface area contributed by atoms with Crippen LogP contribution < -0.4 is 0 Å². The number of hydrogen-bond donors (Lipinski definition) is 0. The molecule has 0 aromatic carbocycles. The first-order valence-electron chi connectivity index (χ1n) is 5.84. The number of carbonyl (C=O) groups is 1. The Bertz CT molecular complexity index is 378. The summed E-state index contributed by atoms with van der Waals surface area (Å²) in [4.78, 5) is 15.6. The van der Waals surface area contributed by atoms with E-state index >= 15 is 0 Å². The van der Waals surface area contributed by atoms with E-state index in [4.69, 9.17) is 4.74 Å². The highest BCUT2D eigenvalue weighted by molar-refractivity contribution is 5.85. The lowest BCUT2D eigenvalue weighted by Crippen LogP contribution is -2.18. The summed E-state index contributed by atoms with van der Waals surface area (Å²) in [7, 11) is 1.98. The van der Waals surface area contributed by atoms with E-state index in [2.05, 4.69) is 11.9 Å². The topological polar surface area (TPSA) is 44.1 Å². The fraction of sp³-hybridized carbons (Fsp3) is 0.667. The first-order chi connectivity index (χ1) is 7.72. The van der Waals surface area contributed by atoms with Crippen molar-refractivity contribution in [3.63, 3.8) is 0 Å². The summed E-state index contributed by atoms with van der Waals surface area (Å²) in [6, 6.07) is 0. The zero-order chi connectivity index (χ0) is 11.5. The molecule has 5 heteroatoms. The van der Waals surface area contributed by atoms with Crippen LogP contribution in [0.25, 0.3) is 0 Å². The van der Waals surface area contributed by atoms with E-state index in [1.165, 1.54) is 5.69 Å². The van der Waals surface area contributed by atoms with Crippen LogP contribution in [0.1, 0.15) is 25.5 Å². The number of esters is 1. The summed E-state index contributed by atoms with van der Waals surface area (Å²) in [6.45, 7) is 2.67. The predicted octanol–water partition coefficient (Wildman–Crippen LogP) is 1.97. The number of aryl methyl sites for hydroxylation is 1. The molecule has 96 valence electrons. The van der Waals surface area contributed by atoms with E-state index in [0.717, 1.165) is 19.3 Å². The van der Waals surface area contributed by atoms with E-state index in [1.54, 1.807) is 6.33 Å². The standard InChI is InChI=1S/C12H18N2O2.ClH/c1-3-4-11-9(7-16-12(11)15)5-10-6-13-8-14(10)2;/h6,8-9,11H,3-5,7H2,1-2H3;1H. The van der Waals surface area contributed by atoms with Crippen molar-refractivity contribution in [2.24, 2.45) is 18.9 Å². The molecule has 0 spiro atoms. The van der Waals surface area contributed by atoms with E-state index in [-0.39, 0.29) is 24.3 Å². The number of cyclic esters (lactones) is 1. The molecule has 0 radical (unpaired) electrons. The molecule has 1 aromatic rings. The van der Waals surface area contributed by atoms with Crippen molar-refractivity contribution in [2.75, 3.05) is 6.61 Å². The Morgan fingerprint density at radius 1 is 1.59 bits per heavy atom. The van der Waals surface area contributed by atoms with Gasteiger partial charge in [-0.25, -0.2) is 4.98 Å². The van der Waals surface area contributed by atoms with Gasteiger partial charge in [-0.2, -0.15) is 0 Å². The highest BCUT2D eigenvalue weighted by atomic mass is 35.5. The molecular formula is C12H19ClN2O2. The normalized spacial score (nSPS) is 23.3. The average Bonchev–Trinajstić information content (AvgIpc) is 2.80. The van der Waals surface area contributed by atoms with Crippen molar-refractivity contribution in [1.29, 1.82) is 0 Å². The van der Waals surface area contributed by atoms with Crippen LogP contribution >= 0.6 is 12.4 Å². The number of rotatable bonds is 4. The minimum Gasteiger partial charge on any atom is -0.465 e. The number of nitrogens with zero attached hydrogens (tertiary/aromatic N) is 2. The molecule has 0 amide bonds. The molecule has 0 saturated carbocycles. The maximum atomic E-state index is 11.5. The quantitative estimate of drug-likeness (QED) is 0.776. The third kappa shape index (κ3) is 3.00. The largest absolute Gasteiger partial charge is 0.465 e. The van der Waals surface area contributed by atoms with Gasteiger partial charge in [0.15, 0.2) is 0 Å². The first-order valence-corrected chi connectivity index (χ1v) is 5.84. The SMILES string of the molecule is CCCC1C(=O)OCC1Cc1cncn1C.Cl. The van der Waals surface area contributed by atoms with Gasteiger partial charge < -0.3 is 9.30 Å². The number of carbonyl (C=O) groups excluding carboxylic acids is 1. The Labute approximate surface area is 108 Å². The van der Waals surface area contributed by atoms with E-state index < -0.39 is 0 Å². The first kappa shape index (κ1) is 14.0. The van der Waals surface area contributed by atoms with Crippen LogP contribution in [0.15, 0.2) is 12.5 Å². The molecule has 1 aromatic heterocycles. The third-order valence-corrected chi connectivity index (χ3v) is 3.30. The van der Waals surface area contributed by atoms with Gasteiger partial charge in [0.25, 0.3) is 0 Å². The van der Waals surface area contributed by atoms with Gasteiger partial charge in [0.05, 0.1) is 18.9 Å². The van der Waals surface area contributed by atoms with Gasteiger partial charge in [-0.3, -0.25) is 4.79 Å². The van der Waals surface area contributed by atoms with E-state index in [1.807, 2.05) is 17.8 Å². The molecule has 0 N–H and O–H groups in total. The number of ether oxygens (including phenoxy) is 1. The van der Waals surface area contributed by atoms with Gasteiger partial charge >= 0.3 is 5.97 Å². The van der Waals surface area contributed by atoms with Crippen LogP contribution in [-0.4, -0.2) is 22.1 Å². The number of aromatic nitrogens is 2. The van der Waals surface area contributed by atoms with Crippen LogP contribution in [-0.2, 0) is 23.0 Å². The molecule has 0 bridgehead atoms. The van der Waals surface area contributed by atoms with Crippen molar-refractivity contribution < 1.29 is 9.53 Å². The Balaban J connectivity index is 0.00000144. The van der Waals surface area contributed by atoms with Crippen LogP contribution in [0.5, 0.6) is 0 Å². The summed E-state index contributed by atoms with van der Waals surface area (Å²) >= 11 is 0. The molecule has 1 aliphatic heterocycles. The highest BCUT2D eigenvalue weighted by Crippen LogP contribution is 2.29. The van der Waals surface area contributed by atoms with Gasteiger partial charge in [0.2, 0.25) is 0 Å². The summed E-state index contributed by atoms with van der Waals surface area (Å²) in [5, 5.41) is 0. The molecule has 2 heterocycles. The van der Waals surface area contributed by atoms with Crippen LogP contribution in [0.2, 0.25) is 0 Å². The second-order valence-corrected chi connectivity index (χ2v) is 4.49. The van der Waals surface area contributed by atoms with Gasteiger partial charge in [0, 0.05) is 24.9 Å². The predicted molar refractivity (Wildman–Crippen MR) is 67.0 cm³/mol.